The minimum atomic E-state index is -3.51. The molecular weight excluding hydrogens is 431 g/mol. The molecule has 0 bridgehead atoms. The van der Waals surface area contributed by atoms with Gasteiger partial charge in [-0.2, -0.15) is 0 Å². The molecule has 0 saturated heterocycles. The molecule has 0 radical (unpaired) electrons. The first-order valence-corrected chi connectivity index (χ1v) is 11.9. The lowest BCUT2D eigenvalue weighted by atomic mass is 10.1. The van der Waals surface area contributed by atoms with Crippen LogP contribution in [0.1, 0.15) is 21.5 Å². The van der Waals surface area contributed by atoms with Gasteiger partial charge in [0.15, 0.2) is 0 Å². The van der Waals surface area contributed by atoms with Crippen molar-refractivity contribution in [2.75, 3.05) is 23.7 Å². The van der Waals surface area contributed by atoms with Gasteiger partial charge in [0.25, 0.3) is 5.91 Å². The van der Waals surface area contributed by atoms with Gasteiger partial charge >= 0.3 is 0 Å². The number of halogens is 1. The summed E-state index contributed by atoms with van der Waals surface area (Å²) in [5, 5.41) is 2.73. The van der Waals surface area contributed by atoms with Crippen LogP contribution < -0.4 is 14.4 Å². The maximum Gasteiger partial charge on any atom is 0.251 e. The Morgan fingerprint density at radius 1 is 0.969 bits per heavy atom. The fraction of sp³-hybridized carbons (Fsp3) is 0.208. The van der Waals surface area contributed by atoms with E-state index in [9.17, 15) is 17.6 Å². The van der Waals surface area contributed by atoms with Crippen molar-refractivity contribution in [1.82, 2.24) is 5.32 Å². The Morgan fingerprint density at radius 2 is 1.59 bits per heavy atom. The summed E-state index contributed by atoms with van der Waals surface area (Å²) in [6.07, 6.45) is 1.16. The molecule has 1 N–H and O–H groups in total. The van der Waals surface area contributed by atoms with Gasteiger partial charge in [0.2, 0.25) is 10.0 Å². The van der Waals surface area contributed by atoms with Crippen LogP contribution in [0, 0.1) is 12.7 Å². The zero-order valence-electron chi connectivity index (χ0n) is 17.9. The molecule has 3 rings (SSSR count). The molecule has 0 aliphatic carbocycles. The van der Waals surface area contributed by atoms with E-state index >= 15 is 0 Å². The largest absolute Gasteiger partial charge is 0.492 e. The van der Waals surface area contributed by atoms with Crippen LogP contribution in [0.3, 0.4) is 0 Å². The lowest BCUT2D eigenvalue weighted by molar-refractivity contribution is 0.0947. The van der Waals surface area contributed by atoms with E-state index in [-0.39, 0.29) is 31.4 Å². The van der Waals surface area contributed by atoms with E-state index in [1.165, 1.54) is 28.6 Å². The number of sulfonamides is 1. The summed E-state index contributed by atoms with van der Waals surface area (Å²) in [7, 11) is -3.51. The number of nitrogens with zero attached hydrogens (tertiary/aromatic N) is 1. The second-order valence-electron chi connectivity index (χ2n) is 7.36. The fourth-order valence-electron chi connectivity index (χ4n) is 3.00. The number of benzene rings is 3. The molecule has 0 saturated carbocycles. The minimum absolute atomic E-state index is 0.200. The van der Waals surface area contributed by atoms with Gasteiger partial charge < -0.3 is 10.1 Å². The van der Waals surface area contributed by atoms with Gasteiger partial charge in [-0.3, -0.25) is 9.10 Å². The zero-order chi connectivity index (χ0) is 23.1. The van der Waals surface area contributed by atoms with Crippen molar-refractivity contribution in [2.45, 2.75) is 13.5 Å². The molecule has 0 aliphatic rings. The molecule has 0 atom stereocenters. The number of rotatable bonds is 9. The average Bonchev–Trinajstić information content (AvgIpc) is 2.77. The van der Waals surface area contributed by atoms with E-state index in [0.717, 1.165) is 17.4 Å². The van der Waals surface area contributed by atoms with Crippen LogP contribution in [-0.4, -0.2) is 33.7 Å². The van der Waals surface area contributed by atoms with Gasteiger partial charge in [0.05, 0.1) is 25.0 Å². The summed E-state index contributed by atoms with van der Waals surface area (Å²) in [5.74, 6) is -0.134. The van der Waals surface area contributed by atoms with Crippen molar-refractivity contribution in [3.05, 3.63) is 95.3 Å². The van der Waals surface area contributed by atoms with E-state index in [4.69, 9.17) is 4.74 Å². The second kappa shape index (κ2) is 10.3. The molecule has 32 heavy (non-hydrogen) atoms. The Kier molecular flexibility index (Phi) is 7.48. The van der Waals surface area contributed by atoms with Gasteiger partial charge in [-0.25, -0.2) is 12.8 Å². The highest BCUT2D eigenvalue weighted by molar-refractivity contribution is 7.92. The predicted molar refractivity (Wildman–Crippen MR) is 123 cm³/mol. The average molecular weight is 457 g/mol. The summed E-state index contributed by atoms with van der Waals surface area (Å²) in [4.78, 5) is 12.4. The van der Waals surface area contributed by atoms with Crippen LogP contribution in [0.4, 0.5) is 10.1 Å². The Bertz CT molecular complexity index is 1150. The van der Waals surface area contributed by atoms with Crippen molar-refractivity contribution >= 4 is 21.6 Å². The van der Waals surface area contributed by atoms with Gasteiger partial charge in [-0.05, 0) is 61.0 Å². The van der Waals surface area contributed by atoms with Crippen molar-refractivity contribution < 1.29 is 22.3 Å². The van der Waals surface area contributed by atoms with Crippen molar-refractivity contribution in [2.24, 2.45) is 0 Å². The van der Waals surface area contributed by atoms with Crippen LogP contribution >= 0.6 is 0 Å². The van der Waals surface area contributed by atoms with E-state index in [0.29, 0.717) is 17.0 Å². The number of nitrogens with one attached hydrogen (secondary N) is 1. The number of amides is 1. The SMILES string of the molecule is Cc1ccc(CN(c2ccc(C(=O)NCCOc3ccc(F)cc3)cc2)S(C)(=O)=O)cc1. The molecule has 1 amide bonds. The third-order valence-corrected chi connectivity index (χ3v) is 5.88. The number of ether oxygens (including phenoxy) is 1. The molecule has 0 heterocycles. The maximum atomic E-state index is 12.9. The van der Waals surface area contributed by atoms with E-state index in [2.05, 4.69) is 5.32 Å². The molecule has 0 aliphatic heterocycles. The number of carbonyl (C=O) groups excluding carboxylic acids is 1. The summed E-state index contributed by atoms with van der Waals surface area (Å²) in [5.41, 5.74) is 2.84. The summed E-state index contributed by atoms with van der Waals surface area (Å²) < 4.78 is 44.3. The standard InChI is InChI=1S/C24H25FN2O4S/c1-18-3-5-19(6-4-18)17-27(32(2,29)30)22-11-7-20(8-12-22)24(28)26-15-16-31-23-13-9-21(25)10-14-23/h3-14H,15-17H2,1-2H3,(H,26,28). The summed E-state index contributed by atoms with van der Waals surface area (Å²) >= 11 is 0. The highest BCUT2D eigenvalue weighted by atomic mass is 32.2. The minimum Gasteiger partial charge on any atom is -0.492 e. The Hall–Kier alpha value is -3.39. The van der Waals surface area contributed by atoms with Crippen molar-refractivity contribution in [1.29, 1.82) is 0 Å². The van der Waals surface area contributed by atoms with E-state index in [1.807, 2.05) is 31.2 Å². The molecule has 0 aromatic heterocycles. The van der Waals surface area contributed by atoms with Gasteiger partial charge in [-0.1, -0.05) is 29.8 Å². The number of hydrogen-bond acceptors (Lipinski definition) is 4. The lowest BCUT2D eigenvalue weighted by Gasteiger charge is -2.23. The number of carbonyl (C=O) groups is 1. The van der Waals surface area contributed by atoms with Crippen LogP contribution in [-0.2, 0) is 16.6 Å². The molecule has 168 valence electrons. The molecule has 0 fully saturated rings. The van der Waals surface area contributed by atoms with Gasteiger partial charge in [-0.15, -0.1) is 0 Å². The van der Waals surface area contributed by atoms with E-state index in [1.54, 1.807) is 24.3 Å². The number of anilines is 1. The highest BCUT2D eigenvalue weighted by Crippen LogP contribution is 2.21. The zero-order valence-corrected chi connectivity index (χ0v) is 18.7. The van der Waals surface area contributed by atoms with Crippen molar-refractivity contribution in [3.8, 4) is 5.75 Å². The molecule has 8 heteroatoms. The molecule has 6 nitrogen and oxygen atoms in total. The summed E-state index contributed by atoms with van der Waals surface area (Å²) in [6.45, 7) is 2.66. The third kappa shape index (κ3) is 6.55. The fourth-order valence-corrected chi connectivity index (χ4v) is 3.89. The van der Waals surface area contributed by atoms with Gasteiger partial charge in [0.1, 0.15) is 18.2 Å². The Labute approximate surface area is 187 Å². The number of hydrogen-bond donors (Lipinski definition) is 1. The second-order valence-corrected chi connectivity index (χ2v) is 9.27. The molecule has 0 spiro atoms. The first kappa shape index (κ1) is 23.3. The molecule has 3 aromatic carbocycles. The van der Waals surface area contributed by atoms with Crippen LogP contribution in [0.15, 0.2) is 72.8 Å². The molecule has 0 unspecified atom stereocenters. The van der Waals surface area contributed by atoms with Crippen LogP contribution in [0.5, 0.6) is 5.75 Å². The van der Waals surface area contributed by atoms with Gasteiger partial charge in [0, 0.05) is 5.56 Å². The van der Waals surface area contributed by atoms with Crippen LogP contribution in [0.25, 0.3) is 0 Å². The normalized spacial score (nSPS) is 11.1. The third-order valence-electron chi connectivity index (χ3n) is 4.73. The van der Waals surface area contributed by atoms with E-state index < -0.39 is 10.0 Å². The number of aryl methyl sites for hydroxylation is 1. The van der Waals surface area contributed by atoms with Crippen molar-refractivity contribution in [3.63, 3.8) is 0 Å². The Balaban J connectivity index is 1.59. The Morgan fingerprint density at radius 3 is 2.19 bits per heavy atom. The highest BCUT2D eigenvalue weighted by Gasteiger charge is 2.18. The summed E-state index contributed by atoms with van der Waals surface area (Å²) in [6, 6.07) is 19.7. The quantitative estimate of drug-likeness (QED) is 0.496. The molecular formula is C24H25FN2O4S. The monoisotopic (exact) mass is 456 g/mol. The molecule has 3 aromatic rings. The smallest absolute Gasteiger partial charge is 0.251 e. The first-order chi connectivity index (χ1) is 15.2. The first-order valence-electron chi connectivity index (χ1n) is 10.0. The topological polar surface area (TPSA) is 75.7 Å². The lowest BCUT2D eigenvalue weighted by Crippen LogP contribution is -2.30. The predicted octanol–water partition coefficient (Wildman–Crippen LogP) is 3.91. The van der Waals surface area contributed by atoms with Crippen LogP contribution in [0.2, 0.25) is 0 Å². The maximum absolute atomic E-state index is 12.9.